The first-order valence-electron chi connectivity index (χ1n) is 4.47. The van der Waals surface area contributed by atoms with E-state index in [9.17, 15) is 4.79 Å². The van der Waals surface area contributed by atoms with Crippen molar-refractivity contribution in [1.82, 2.24) is 4.90 Å². The molecular formula is C8H14ClNO4. The molecular weight excluding hydrogens is 210 g/mol. The highest BCUT2D eigenvalue weighted by atomic mass is 35.5. The minimum Gasteiger partial charge on any atom is -0.450 e. The fourth-order valence-electron chi connectivity index (χ4n) is 1.36. The first-order valence-corrected chi connectivity index (χ1v) is 5.01. The maximum absolute atomic E-state index is 10.2. The van der Waals surface area contributed by atoms with Crippen molar-refractivity contribution < 1.29 is 19.4 Å². The van der Waals surface area contributed by atoms with Crippen LogP contribution in [0.5, 0.6) is 0 Å². The molecule has 0 aromatic rings. The van der Waals surface area contributed by atoms with Crippen LogP contribution < -0.4 is 0 Å². The molecule has 1 saturated heterocycles. The van der Waals surface area contributed by atoms with Crippen LogP contribution >= 0.6 is 11.6 Å². The molecule has 1 aliphatic rings. The summed E-state index contributed by atoms with van der Waals surface area (Å²) in [5.41, 5.74) is 0. The quantitative estimate of drug-likeness (QED) is 0.559. The maximum Gasteiger partial charge on any atom is 0.505 e. The van der Waals surface area contributed by atoms with E-state index >= 15 is 0 Å². The molecule has 1 aliphatic heterocycles. The molecule has 0 spiro atoms. The number of nitrogens with zero attached hydrogens (tertiary/aromatic N) is 1. The van der Waals surface area contributed by atoms with Crippen molar-refractivity contribution in [2.24, 2.45) is 0 Å². The molecule has 1 fully saturated rings. The van der Waals surface area contributed by atoms with Crippen molar-refractivity contribution in [1.29, 1.82) is 0 Å². The minimum absolute atomic E-state index is 0.0448. The number of carboxylic acid groups (broad SMARTS) is 1. The van der Waals surface area contributed by atoms with Gasteiger partial charge < -0.3 is 14.6 Å². The normalized spacial score (nSPS) is 20.4. The van der Waals surface area contributed by atoms with E-state index in [1.807, 2.05) is 0 Å². The van der Waals surface area contributed by atoms with Gasteiger partial charge in [-0.05, 0) is 0 Å². The smallest absolute Gasteiger partial charge is 0.450 e. The number of alkyl halides is 1. The van der Waals surface area contributed by atoms with Gasteiger partial charge in [-0.1, -0.05) is 0 Å². The Kier molecular flexibility index (Phi) is 5.00. The minimum atomic E-state index is -1.26. The number of hydrogen-bond acceptors (Lipinski definition) is 4. The van der Waals surface area contributed by atoms with Gasteiger partial charge in [-0.2, -0.15) is 0 Å². The first-order chi connectivity index (χ1) is 6.74. The van der Waals surface area contributed by atoms with Crippen molar-refractivity contribution >= 4 is 17.8 Å². The zero-order chi connectivity index (χ0) is 10.4. The largest absolute Gasteiger partial charge is 0.505 e. The van der Waals surface area contributed by atoms with Crippen LogP contribution in [0.25, 0.3) is 0 Å². The summed E-state index contributed by atoms with van der Waals surface area (Å²) in [6.07, 6.45) is -1.26. The summed E-state index contributed by atoms with van der Waals surface area (Å²) in [5.74, 6) is 0.368. The van der Waals surface area contributed by atoms with Gasteiger partial charge in [-0.3, -0.25) is 4.90 Å². The van der Waals surface area contributed by atoms with Gasteiger partial charge in [0, 0.05) is 19.0 Å². The standard InChI is InChI=1S/C8H14ClNO4/c9-5-7(6-14-8(11)12)10-1-3-13-4-2-10/h7H,1-6H2,(H,11,12). The highest BCUT2D eigenvalue weighted by Gasteiger charge is 2.21. The summed E-state index contributed by atoms with van der Waals surface area (Å²) in [6, 6.07) is -0.0448. The molecule has 1 unspecified atom stereocenters. The highest BCUT2D eigenvalue weighted by Crippen LogP contribution is 2.06. The molecule has 6 heteroatoms. The number of ether oxygens (including phenoxy) is 2. The molecule has 0 radical (unpaired) electrons. The van der Waals surface area contributed by atoms with E-state index in [0.29, 0.717) is 19.1 Å². The lowest BCUT2D eigenvalue weighted by Crippen LogP contribution is -2.46. The third-order valence-electron chi connectivity index (χ3n) is 2.14. The predicted molar refractivity (Wildman–Crippen MR) is 50.9 cm³/mol. The van der Waals surface area contributed by atoms with E-state index < -0.39 is 6.16 Å². The highest BCUT2D eigenvalue weighted by molar-refractivity contribution is 6.18. The molecule has 0 bridgehead atoms. The molecule has 5 nitrogen and oxygen atoms in total. The lowest BCUT2D eigenvalue weighted by molar-refractivity contribution is 0.0000889. The van der Waals surface area contributed by atoms with Crippen molar-refractivity contribution in [2.75, 3.05) is 38.8 Å². The van der Waals surface area contributed by atoms with E-state index in [2.05, 4.69) is 9.64 Å². The number of halogens is 1. The van der Waals surface area contributed by atoms with Crippen LogP contribution in [-0.2, 0) is 9.47 Å². The Hall–Kier alpha value is -0.520. The van der Waals surface area contributed by atoms with Gasteiger partial charge in [-0.25, -0.2) is 4.79 Å². The predicted octanol–water partition coefficient (Wildman–Crippen LogP) is 0.621. The average molecular weight is 224 g/mol. The number of hydrogen-bond donors (Lipinski definition) is 1. The van der Waals surface area contributed by atoms with Crippen molar-refractivity contribution in [3.05, 3.63) is 0 Å². The van der Waals surface area contributed by atoms with Crippen LogP contribution in [0.2, 0.25) is 0 Å². The Morgan fingerprint density at radius 3 is 2.71 bits per heavy atom. The van der Waals surface area contributed by atoms with Crippen LogP contribution in [-0.4, -0.2) is 61.0 Å². The molecule has 0 aromatic carbocycles. The summed E-state index contributed by atoms with van der Waals surface area (Å²) >= 11 is 5.73. The molecule has 0 amide bonds. The Bertz CT molecular complexity index is 184. The fraction of sp³-hybridized carbons (Fsp3) is 0.875. The van der Waals surface area contributed by atoms with Crippen molar-refractivity contribution in [3.63, 3.8) is 0 Å². The van der Waals surface area contributed by atoms with Crippen LogP contribution in [0.3, 0.4) is 0 Å². The van der Waals surface area contributed by atoms with Crippen LogP contribution in [0.15, 0.2) is 0 Å². The Morgan fingerprint density at radius 1 is 1.57 bits per heavy atom. The number of rotatable bonds is 4. The van der Waals surface area contributed by atoms with E-state index in [1.54, 1.807) is 0 Å². The summed E-state index contributed by atoms with van der Waals surface area (Å²) in [7, 11) is 0. The lowest BCUT2D eigenvalue weighted by atomic mass is 10.3. The second kappa shape index (κ2) is 6.06. The molecule has 1 rings (SSSR count). The SMILES string of the molecule is O=C(O)OCC(CCl)N1CCOCC1. The monoisotopic (exact) mass is 223 g/mol. The first kappa shape index (κ1) is 11.6. The zero-order valence-corrected chi connectivity index (χ0v) is 8.57. The topological polar surface area (TPSA) is 59.0 Å². The van der Waals surface area contributed by atoms with Gasteiger partial charge in [0.25, 0.3) is 0 Å². The van der Waals surface area contributed by atoms with E-state index in [0.717, 1.165) is 13.1 Å². The fourth-order valence-corrected chi connectivity index (χ4v) is 1.64. The number of carbonyl (C=O) groups is 1. The van der Waals surface area contributed by atoms with Crippen molar-refractivity contribution in [2.45, 2.75) is 6.04 Å². The van der Waals surface area contributed by atoms with Gasteiger partial charge in [0.2, 0.25) is 0 Å². The van der Waals surface area contributed by atoms with Gasteiger partial charge in [0.05, 0.1) is 19.3 Å². The lowest BCUT2D eigenvalue weighted by Gasteiger charge is -2.32. The van der Waals surface area contributed by atoms with Gasteiger partial charge >= 0.3 is 6.16 Å². The molecule has 0 aliphatic carbocycles. The van der Waals surface area contributed by atoms with Gasteiger partial charge in [-0.15, -0.1) is 11.6 Å². The van der Waals surface area contributed by atoms with Crippen LogP contribution in [0.1, 0.15) is 0 Å². The van der Waals surface area contributed by atoms with Crippen molar-refractivity contribution in [3.8, 4) is 0 Å². The third-order valence-corrected chi connectivity index (χ3v) is 2.50. The van der Waals surface area contributed by atoms with Crippen LogP contribution in [0, 0.1) is 0 Å². The van der Waals surface area contributed by atoms with Gasteiger partial charge in [0.1, 0.15) is 6.61 Å². The molecule has 0 saturated carbocycles. The Labute approximate surface area is 87.5 Å². The summed E-state index contributed by atoms with van der Waals surface area (Å²) in [5, 5.41) is 8.35. The summed E-state index contributed by atoms with van der Waals surface area (Å²) in [4.78, 5) is 12.3. The second-order valence-corrected chi connectivity index (χ2v) is 3.34. The molecule has 1 N–H and O–H groups in total. The Balaban J connectivity index is 2.31. The summed E-state index contributed by atoms with van der Waals surface area (Å²) in [6.45, 7) is 3.01. The number of morpholine rings is 1. The average Bonchev–Trinajstić information content (AvgIpc) is 2.20. The molecule has 1 heterocycles. The Morgan fingerprint density at radius 2 is 2.21 bits per heavy atom. The maximum atomic E-state index is 10.2. The van der Waals surface area contributed by atoms with E-state index in [-0.39, 0.29) is 12.6 Å². The summed E-state index contributed by atoms with van der Waals surface area (Å²) < 4.78 is 9.68. The third kappa shape index (κ3) is 3.69. The molecule has 14 heavy (non-hydrogen) atoms. The van der Waals surface area contributed by atoms with E-state index in [1.165, 1.54) is 0 Å². The molecule has 82 valence electrons. The zero-order valence-electron chi connectivity index (χ0n) is 7.82. The van der Waals surface area contributed by atoms with E-state index in [4.69, 9.17) is 21.4 Å². The second-order valence-electron chi connectivity index (χ2n) is 3.03. The van der Waals surface area contributed by atoms with Crippen LogP contribution in [0.4, 0.5) is 4.79 Å². The molecule has 0 aromatic heterocycles. The molecule has 1 atom stereocenters. The van der Waals surface area contributed by atoms with Gasteiger partial charge in [0.15, 0.2) is 0 Å².